The maximum atomic E-state index is 13.3. The molecular weight excluding hydrogens is 361 g/mol. The molecule has 28 heavy (non-hydrogen) atoms. The van der Waals surface area contributed by atoms with Crippen LogP contribution in [0.25, 0.3) is 11.5 Å². The first-order chi connectivity index (χ1) is 13.5. The molecule has 0 radical (unpaired) electrons. The van der Waals surface area contributed by atoms with Crippen molar-refractivity contribution in [2.45, 2.75) is 13.8 Å². The second-order valence-corrected chi connectivity index (χ2v) is 6.13. The molecule has 7 nitrogen and oxygen atoms in total. The van der Waals surface area contributed by atoms with Gasteiger partial charge in [0.2, 0.25) is 5.91 Å². The number of hydrogen-bond acceptors (Lipinski definition) is 3. The second-order valence-electron chi connectivity index (χ2n) is 6.13. The van der Waals surface area contributed by atoms with Gasteiger partial charge in [-0.25, -0.2) is 9.07 Å². The fourth-order valence-corrected chi connectivity index (χ4v) is 2.91. The van der Waals surface area contributed by atoms with Gasteiger partial charge in [0.05, 0.1) is 18.4 Å². The van der Waals surface area contributed by atoms with Crippen molar-refractivity contribution in [3.63, 3.8) is 0 Å². The number of likely N-dealkylation sites (N-methyl/N-ethyl adjacent to an activating group) is 2. The number of aromatic nitrogens is 3. The molecule has 3 rings (SSSR count). The summed E-state index contributed by atoms with van der Waals surface area (Å²) >= 11 is 0. The summed E-state index contributed by atoms with van der Waals surface area (Å²) in [5, 5.41) is 7.05. The van der Waals surface area contributed by atoms with Gasteiger partial charge in [0, 0.05) is 25.5 Å². The van der Waals surface area contributed by atoms with E-state index in [1.165, 1.54) is 23.2 Å². The molecule has 1 N–H and O–H groups in total. The molecule has 0 saturated heterocycles. The lowest BCUT2D eigenvalue weighted by Gasteiger charge is -2.20. The highest BCUT2D eigenvalue weighted by molar-refractivity contribution is 5.99. The fourth-order valence-electron chi connectivity index (χ4n) is 2.91. The summed E-state index contributed by atoms with van der Waals surface area (Å²) in [5.74, 6) is -0.346. The smallest absolute Gasteiger partial charge is 0.259 e. The molecule has 2 amide bonds. The molecule has 8 heteroatoms. The van der Waals surface area contributed by atoms with Crippen molar-refractivity contribution < 1.29 is 14.0 Å². The minimum Gasteiger partial charge on any atom is -0.355 e. The van der Waals surface area contributed by atoms with Crippen molar-refractivity contribution in [1.29, 1.82) is 0 Å². The van der Waals surface area contributed by atoms with Gasteiger partial charge in [-0.3, -0.25) is 9.59 Å². The van der Waals surface area contributed by atoms with E-state index >= 15 is 0 Å². The largest absolute Gasteiger partial charge is 0.355 e. The van der Waals surface area contributed by atoms with Crippen LogP contribution in [0.2, 0.25) is 0 Å². The number of nitrogens with one attached hydrogen (secondary N) is 1. The molecule has 0 bridgehead atoms. The highest BCUT2D eigenvalue weighted by Crippen LogP contribution is 2.21. The van der Waals surface area contributed by atoms with Gasteiger partial charge < -0.3 is 14.8 Å². The molecule has 0 aliphatic heterocycles. The Balaban J connectivity index is 2.02. The van der Waals surface area contributed by atoms with Gasteiger partial charge in [-0.2, -0.15) is 5.10 Å². The Morgan fingerprint density at radius 1 is 1.14 bits per heavy atom. The molecular formula is C20H22FN5O2. The van der Waals surface area contributed by atoms with Crippen LogP contribution in [0.5, 0.6) is 0 Å². The summed E-state index contributed by atoms with van der Waals surface area (Å²) < 4.78 is 16.7. The lowest BCUT2D eigenvalue weighted by Crippen LogP contribution is -2.40. The van der Waals surface area contributed by atoms with Gasteiger partial charge in [-0.05, 0) is 50.2 Å². The van der Waals surface area contributed by atoms with Crippen molar-refractivity contribution in [3.8, 4) is 11.5 Å². The van der Waals surface area contributed by atoms with Crippen LogP contribution in [0.3, 0.4) is 0 Å². The second kappa shape index (κ2) is 8.51. The molecule has 0 fully saturated rings. The summed E-state index contributed by atoms with van der Waals surface area (Å²) in [5.41, 5.74) is 0.975. The van der Waals surface area contributed by atoms with Crippen molar-refractivity contribution >= 4 is 11.8 Å². The molecule has 0 atom stereocenters. The lowest BCUT2D eigenvalue weighted by molar-refractivity contribution is -0.121. The highest BCUT2D eigenvalue weighted by Gasteiger charge is 2.25. The van der Waals surface area contributed by atoms with Crippen LogP contribution in [-0.2, 0) is 4.79 Å². The zero-order valence-corrected chi connectivity index (χ0v) is 15.8. The van der Waals surface area contributed by atoms with Crippen LogP contribution in [-0.4, -0.2) is 50.7 Å². The summed E-state index contributed by atoms with van der Waals surface area (Å²) in [4.78, 5) is 26.6. The molecule has 3 aromatic rings. The maximum Gasteiger partial charge on any atom is 0.259 e. The van der Waals surface area contributed by atoms with Crippen molar-refractivity contribution in [3.05, 3.63) is 66.4 Å². The van der Waals surface area contributed by atoms with Crippen LogP contribution in [0.15, 0.2) is 55.0 Å². The molecule has 146 valence electrons. The van der Waals surface area contributed by atoms with Crippen LogP contribution < -0.4 is 5.32 Å². The average Bonchev–Trinajstić information content (AvgIpc) is 3.35. The zero-order valence-electron chi connectivity index (χ0n) is 15.8. The standard InChI is InChI=1S/C20H22FN5O2/c1-3-22-18(27)14-24(4-2)20(28)17-13-23-26(16-9-7-15(21)8-10-16)19(17)25-11-5-6-12-25/h5-13H,3-4,14H2,1-2H3,(H,22,27). The third kappa shape index (κ3) is 3.95. The van der Waals surface area contributed by atoms with Crippen molar-refractivity contribution in [2.24, 2.45) is 0 Å². The maximum absolute atomic E-state index is 13.3. The van der Waals surface area contributed by atoms with E-state index in [9.17, 15) is 14.0 Å². The number of rotatable bonds is 7. The molecule has 0 aliphatic carbocycles. The average molecular weight is 383 g/mol. The molecule has 2 heterocycles. The summed E-state index contributed by atoms with van der Waals surface area (Å²) in [6.07, 6.45) is 5.07. The number of halogens is 1. The fraction of sp³-hybridized carbons (Fsp3) is 0.250. The van der Waals surface area contributed by atoms with E-state index in [1.54, 1.807) is 33.8 Å². The van der Waals surface area contributed by atoms with Gasteiger partial charge in [-0.15, -0.1) is 0 Å². The third-order valence-electron chi connectivity index (χ3n) is 4.27. The summed E-state index contributed by atoms with van der Waals surface area (Å²) in [6.45, 7) is 4.49. The Hall–Kier alpha value is -3.42. The Morgan fingerprint density at radius 3 is 2.43 bits per heavy atom. The third-order valence-corrected chi connectivity index (χ3v) is 4.27. The van der Waals surface area contributed by atoms with E-state index in [4.69, 9.17) is 0 Å². The van der Waals surface area contributed by atoms with Crippen molar-refractivity contribution in [2.75, 3.05) is 19.6 Å². The molecule has 0 unspecified atom stereocenters. The van der Waals surface area contributed by atoms with E-state index in [2.05, 4.69) is 10.4 Å². The lowest BCUT2D eigenvalue weighted by atomic mass is 10.2. The number of hydrogen-bond donors (Lipinski definition) is 1. The molecule has 2 aromatic heterocycles. The van der Waals surface area contributed by atoms with E-state index in [0.717, 1.165) is 0 Å². The normalized spacial score (nSPS) is 10.7. The molecule has 0 spiro atoms. The first-order valence-electron chi connectivity index (χ1n) is 9.08. The Labute approximate surface area is 162 Å². The van der Waals surface area contributed by atoms with E-state index in [1.807, 2.05) is 26.0 Å². The van der Waals surface area contributed by atoms with Crippen LogP contribution >= 0.6 is 0 Å². The predicted octanol–water partition coefficient (Wildman–Crippen LogP) is 2.40. The molecule has 0 saturated carbocycles. The summed E-state index contributed by atoms with van der Waals surface area (Å²) in [6, 6.07) is 9.54. The van der Waals surface area contributed by atoms with Crippen LogP contribution in [0.1, 0.15) is 24.2 Å². The SMILES string of the molecule is CCNC(=O)CN(CC)C(=O)c1cnn(-c2ccc(F)cc2)c1-n1cccc1. The van der Waals surface area contributed by atoms with Gasteiger partial charge >= 0.3 is 0 Å². The van der Waals surface area contributed by atoms with Crippen LogP contribution in [0, 0.1) is 5.82 Å². The Bertz CT molecular complexity index is 948. The van der Waals surface area contributed by atoms with E-state index in [0.29, 0.717) is 30.2 Å². The van der Waals surface area contributed by atoms with Gasteiger partial charge in [0.1, 0.15) is 11.4 Å². The Morgan fingerprint density at radius 2 is 1.82 bits per heavy atom. The van der Waals surface area contributed by atoms with E-state index < -0.39 is 0 Å². The van der Waals surface area contributed by atoms with Gasteiger partial charge in [0.25, 0.3) is 5.91 Å². The van der Waals surface area contributed by atoms with Crippen LogP contribution in [0.4, 0.5) is 4.39 Å². The Kier molecular flexibility index (Phi) is 5.88. The van der Waals surface area contributed by atoms with Crippen molar-refractivity contribution in [1.82, 2.24) is 24.6 Å². The quantitative estimate of drug-likeness (QED) is 0.681. The first-order valence-corrected chi connectivity index (χ1v) is 9.08. The topological polar surface area (TPSA) is 72.2 Å². The number of benzene rings is 1. The highest BCUT2D eigenvalue weighted by atomic mass is 19.1. The first kappa shape index (κ1) is 19.3. The zero-order chi connectivity index (χ0) is 20.1. The number of nitrogens with zero attached hydrogens (tertiary/aromatic N) is 4. The van der Waals surface area contributed by atoms with Gasteiger partial charge in [0.15, 0.2) is 5.82 Å². The predicted molar refractivity (Wildman–Crippen MR) is 103 cm³/mol. The molecule has 1 aromatic carbocycles. The van der Waals surface area contributed by atoms with Gasteiger partial charge in [-0.1, -0.05) is 0 Å². The minimum absolute atomic E-state index is 0.0317. The molecule has 0 aliphatic rings. The minimum atomic E-state index is -0.353. The summed E-state index contributed by atoms with van der Waals surface area (Å²) in [7, 11) is 0. The number of carbonyl (C=O) groups excluding carboxylic acids is 2. The van der Waals surface area contributed by atoms with E-state index in [-0.39, 0.29) is 24.2 Å². The monoisotopic (exact) mass is 383 g/mol. The number of carbonyl (C=O) groups is 2. The number of amides is 2.